The Hall–Kier alpha value is -2.92. The lowest BCUT2D eigenvalue weighted by molar-refractivity contribution is 0.143. The smallest absolute Gasteiger partial charge is 0.166 e. The fourth-order valence-electron chi connectivity index (χ4n) is 3.70. The van der Waals surface area contributed by atoms with Crippen molar-refractivity contribution in [1.29, 1.82) is 0 Å². The number of likely N-dealkylation sites (tertiary alicyclic amines) is 1. The summed E-state index contributed by atoms with van der Waals surface area (Å²) < 4.78 is 6.01. The molecule has 6 nitrogen and oxygen atoms in total. The van der Waals surface area contributed by atoms with E-state index in [9.17, 15) is 5.11 Å². The second-order valence-electron chi connectivity index (χ2n) is 9.05. The Balaban J connectivity index is 1.46. The van der Waals surface area contributed by atoms with E-state index in [1.165, 1.54) is 5.01 Å². The van der Waals surface area contributed by atoms with E-state index >= 15 is 0 Å². The largest absolute Gasteiger partial charge is 0.485 e. The molecule has 1 saturated heterocycles. The molecule has 0 bridgehead atoms. The fourth-order valence-corrected chi connectivity index (χ4v) is 4.76. The van der Waals surface area contributed by atoms with E-state index < -0.39 is 5.60 Å². The van der Waals surface area contributed by atoms with Crippen LogP contribution in [0.4, 0.5) is 5.82 Å². The van der Waals surface area contributed by atoms with Gasteiger partial charge in [0, 0.05) is 29.4 Å². The fraction of sp³-hybridized carbons (Fsp3) is 0.385. The van der Waals surface area contributed by atoms with E-state index in [4.69, 9.17) is 15.5 Å². The molecule has 1 aliphatic rings. The van der Waals surface area contributed by atoms with Gasteiger partial charge in [-0.3, -0.25) is 0 Å². The summed E-state index contributed by atoms with van der Waals surface area (Å²) in [6.45, 7) is 5.90. The first kappa shape index (κ1) is 23.2. The van der Waals surface area contributed by atoms with Crippen LogP contribution in [0.5, 0.6) is 5.75 Å². The molecule has 7 heteroatoms. The number of nitrogen functional groups attached to an aromatic ring is 1. The summed E-state index contributed by atoms with van der Waals surface area (Å²) in [4.78, 5) is 12.5. The lowest BCUT2D eigenvalue weighted by Crippen LogP contribution is -2.29. The maximum Gasteiger partial charge on any atom is 0.166 e. The van der Waals surface area contributed by atoms with E-state index in [-0.39, 0.29) is 0 Å². The number of hydrogen-bond donors (Lipinski definition) is 2. The standard InChI is InChI=1S/C26H30N4O2S/c1-26(2,31)10-7-18-5-4-6-19(13-18)17-32-22-14-21(15-28-24(22)27)23-16-29-25(33-23)20-8-11-30(3)12-9-20/h4-6,13-16,20,31H,8-9,11-12,17H2,1-3H3,(H2,27,28). The topological polar surface area (TPSA) is 84.5 Å². The number of piperidine rings is 1. The average molecular weight is 463 g/mol. The number of aromatic nitrogens is 2. The van der Waals surface area contributed by atoms with Gasteiger partial charge in [-0.2, -0.15) is 0 Å². The van der Waals surface area contributed by atoms with Crippen LogP contribution >= 0.6 is 11.3 Å². The molecule has 0 radical (unpaired) electrons. The zero-order valence-electron chi connectivity index (χ0n) is 19.3. The van der Waals surface area contributed by atoms with Crippen molar-refractivity contribution in [2.24, 2.45) is 0 Å². The van der Waals surface area contributed by atoms with Crippen molar-refractivity contribution in [3.05, 3.63) is 58.9 Å². The van der Waals surface area contributed by atoms with Crippen molar-refractivity contribution < 1.29 is 9.84 Å². The van der Waals surface area contributed by atoms with E-state index in [1.54, 1.807) is 31.4 Å². The SMILES string of the molecule is CN1CCC(c2ncc(-c3cnc(N)c(OCc4cccc(C#CC(C)(C)O)c4)c3)s2)CC1. The van der Waals surface area contributed by atoms with Crippen LogP contribution in [0.25, 0.3) is 10.4 Å². The summed E-state index contributed by atoms with van der Waals surface area (Å²) in [6.07, 6.45) is 6.01. The predicted molar refractivity (Wildman–Crippen MR) is 133 cm³/mol. The van der Waals surface area contributed by atoms with Crippen LogP contribution in [0.3, 0.4) is 0 Å². The molecule has 0 saturated carbocycles. The molecule has 33 heavy (non-hydrogen) atoms. The van der Waals surface area contributed by atoms with Gasteiger partial charge in [-0.25, -0.2) is 9.97 Å². The minimum absolute atomic E-state index is 0.344. The van der Waals surface area contributed by atoms with Gasteiger partial charge in [-0.1, -0.05) is 24.0 Å². The summed E-state index contributed by atoms with van der Waals surface area (Å²) in [5, 5.41) is 11.0. The Bertz CT molecular complexity index is 1160. The molecule has 3 aromatic rings. The molecule has 172 valence electrons. The lowest BCUT2D eigenvalue weighted by Gasteiger charge is -2.27. The van der Waals surface area contributed by atoms with E-state index in [0.29, 0.717) is 24.1 Å². The van der Waals surface area contributed by atoms with E-state index in [0.717, 1.165) is 47.5 Å². The molecule has 3 N–H and O–H groups in total. The number of thiazole rings is 1. The molecule has 4 rings (SSSR count). The number of aliphatic hydroxyl groups is 1. The highest BCUT2D eigenvalue weighted by atomic mass is 32.1. The Morgan fingerprint density at radius 2 is 2.00 bits per heavy atom. The van der Waals surface area contributed by atoms with Crippen molar-refractivity contribution in [2.45, 2.75) is 44.8 Å². The number of pyridine rings is 1. The van der Waals surface area contributed by atoms with Gasteiger partial charge in [0.2, 0.25) is 0 Å². The second kappa shape index (κ2) is 9.92. The molecule has 3 heterocycles. The van der Waals surface area contributed by atoms with Gasteiger partial charge in [-0.05, 0) is 70.6 Å². The van der Waals surface area contributed by atoms with Gasteiger partial charge in [0.05, 0.1) is 9.88 Å². The van der Waals surface area contributed by atoms with Crippen molar-refractivity contribution in [1.82, 2.24) is 14.9 Å². The quantitative estimate of drug-likeness (QED) is 0.550. The number of nitrogens with two attached hydrogens (primary N) is 1. The number of anilines is 1. The molecule has 0 spiro atoms. The van der Waals surface area contributed by atoms with Gasteiger partial charge in [-0.15, -0.1) is 11.3 Å². The monoisotopic (exact) mass is 462 g/mol. The summed E-state index contributed by atoms with van der Waals surface area (Å²) in [5.74, 6) is 7.27. The summed E-state index contributed by atoms with van der Waals surface area (Å²) in [7, 11) is 2.17. The molecular formula is C26H30N4O2S. The highest BCUT2D eigenvalue weighted by Crippen LogP contribution is 2.36. The molecule has 1 fully saturated rings. The molecule has 1 aliphatic heterocycles. The third-order valence-corrected chi connectivity index (χ3v) is 6.80. The molecular weight excluding hydrogens is 432 g/mol. The Labute approximate surface area is 199 Å². The third-order valence-electron chi connectivity index (χ3n) is 5.59. The normalized spacial score (nSPS) is 15.2. The first-order valence-corrected chi connectivity index (χ1v) is 12.0. The van der Waals surface area contributed by atoms with E-state index in [2.05, 4.69) is 28.8 Å². The maximum absolute atomic E-state index is 9.81. The number of ether oxygens (including phenoxy) is 1. The van der Waals surface area contributed by atoms with Crippen LogP contribution in [0.1, 0.15) is 48.7 Å². The summed E-state index contributed by atoms with van der Waals surface area (Å²) in [6, 6.07) is 9.69. The first-order valence-electron chi connectivity index (χ1n) is 11.1. The van der Waals surface area contributed by atoms with Crippen LogP contribution in [-0.2, 0) is 6.61 Å². The number of nitrogens with zero attached hydrogens (tertiary/aromatic N) is 3. The molecule has 0 atom stereocenters. The first-order chi connectivity index (χ1) is 15.8. The Morgan fingerprint density at radius 3 is 2.76 bits per heavy atom. The summed E-state index contributed by atoms with van der Waals surface area (Å²) in [5.41, 5.74) is 7.80. The van der Waals surface area contributed by atoms with Crippen LogP contribution in [0.15, 0.2) is 42.7 Å². The molecule has 0 aliphatic carbocycles. The Kier molecular flexibility index (Phi) is 6.99. The van der Waals surface area contributed by atoms with Crippen LogP contribution in [-0.4, -0.2) is 45.7 Å². The van der Waals surface area contributed by atoms with Crippen molar-refractivity contribution in [2.75, 3.05) is 25.9 Å². The Morgan fingerprint density at radius 1 is 1.21 bits per heavy atom. The summed E-state index contributed by atoms with van der Waals surface area (Å²) >= 11 is 1.73. The van der Waals surface area contributed by atoms with Crippen molar-refractivity contribution in [3.8, 4) is 28.0 Å². The van der Waals surface area contributed by atoms with Crippen molar-refractivity contribution in [3.63, 3.8) is 0 Å². The molecule has 0 unspecified atom stereocenters. The van der Waals surface area contributed by atoms with Gasteiger partial charge >= 0.3 is 0 Å². The van der Waals surface area contributed by atoms with Crippen LogP contribution < -0.4 is 10.5 Å². The van der Waals surface area contributed by atoms with E-state index in [1.807, 2.05) is 36.5 Å². The minimum atomic E-state index is -1.03. The lowest BCUT2D eigenvalue weighted by atomic mass is 9.98. The number of hydrogen-bond acceptors (Lipinski definition) is 7. The minimum Gasteiger partial charge on any atom is -0.485 e. The molecule has 2 aromatic heterocycles. The van der Waals surface area contributed by atoms with Gasteiger partial charge in [0.25, 0.3) is 0 Å². The molecule has 0 amide bonds. The maximum atomic E-state index is 9.81. The van der Waals surface area contributed by atoms with Crippen molar-refractivity contribution >= 4 is 17.2 Å². The number of benzene rings is 1. The zero-order valence-corrected chi connectivity index (χ0v) is 20.2. The highest BCUT2D eigenvalue weighted by molar-refractivity contribution is 7.15. The van der Waals surface area contributed by atoms with Gasteiger partial charge in [0.1, 0.15) is 12.2 Å². The third kappa shape index (κ3) is 6.32. The van der Waals surface area contributed by atoms with Crippen LogP contribution in [0, 0.1) is 11.8 Å². The van der Waals surface area contributed by atoms with Gasteiger partial charge in [0.15, 0.2) is 11.6 Å². The predicted octanol–water partition coefficient (Wildman–Crippen LogP) is 4.30. The second-order valence-corrected chi connectivity index (χ2v) is 10.1. The average Bonchev–Trinajstić information content (AvgIpc) is 3.28. The van der Waals surface area contributed by atoms with Crippen LogP contribution in [0.2, 0.25) is 0 Å². The highest BCUT2D eigenvalue weighted by Gasteiger charge is 2.21. The van der Waals surface area contributed by atoms with Gasteiger partial charge < -0.3 is 20.5 Å². The number of rotatable bonds is 5. The zero-order chi connectivity index (χ0) is 23.4. The molecule has 1 aromatic carbocycles.